The van der Waals surface area contributed by atoms with Gasteiger partial charge in [0.2, 0.25) is 0 Å². The minimum Gasteiger partial charge on any atom is -0.370 e. The number of thiazole rings is 1. The second kappa shape index (κ2) is 4.66. The molecule has 7 heteroatoms. The molecule has 2 aromatic rings. The van der Waals surface area contributed by atoms with E-state index in [0.29, 0.717) is 12.6 Å². The van der Waals surface area contributed by atoms with Crippen LogP contribution in [0.5, 0.6) is 0 Å². The minimum absolute atomic E-state index is 0.279. The fourth-order valence-corrected chi connectivity index (χ4v) is 3.48. The van der Waals surface area contributed by atoms with Gasteiger partial charge < -0.3 is 4.74 Å². The Hall–Kier alpha value is -1.31. The number of aromatic nitrogens is 4. The molecule has 6 nitrogen and oxygen atoms in total. The van der Waals surface area contributed by atoms with Gasteiger partial charge in [0.1, 0.15) is 0 Å². The smallest absolute Gasteiger partial charge is 0.0930 e. The van der Waals surface area contributed by atoms with Crippen molar-refractivity contribution in [1.82, 2.24) is 24.9 Å². The first-order chi connectivity index (χ1) is 9.40. The highest BCUT2D eigenvalue weighted by Gasteiger charge is 2.36. The average Bonchev–Trinajstić information content (AvgIpc) is 3.08. The lowest BCUT2D eigenvalue weighted by Crippen LogP contribution is -2.47. The monoisotopic (exact) mass is 277 g/mol. The van der Waals surface area contributed by atoms with Gasteiger partial charge in [-0.05, 0) is 6.42 Å². The molecule has 0 amide bonds. The summed E-state index contributed by atoms with van der Waals surface area (Å²) in [4.78, 5) is 6.79. The summed E-state index contributed by atoms with van der Waals surface area (Å²) < 4.78 is 7.95. The second-order valence-electron chi connectivity index (χ2n) is 5.09. The number of hydrogen-bond acceptors (Lipinski definition) is 6. The van der Waals surface area contributed by atoms with Gasteiger partial charge in [-0.15, -0.1) is 16.4 Å². The summed E-state index contributed by atoms with van der Waals surface area (Å²) in [5.41, 5.74) is 4.12. The Morgan fingerprint density at radius 1 is 1.47 bits per heavy atom. The zero-order valence-electron chi connectivity index (χ0n) is 10.5. The molecular formula is C12H15N5OS. The first kappa shape index (κ1) is 11.5. The van der Waals surface area contributed by atoms with Crippen molar-refractivity contribution in [2.75, 3.05) is 13.1 Å². The van der Waals surface area contributed by atoms with E-state index in [1.54, 1.807) is 17.5 Å². The second-order valence-corrected chi connectivity index (χ2v) is 5.81. The predicted molar refractivity (Wildman–Crippen MR) is 69.6 cm³/mol. The molecule has 0 saturated carbocycles. The summed E-state index contributed by atoms with van der Waals surface area (Å²) in [7, 11) is 0. The van der Waals surface area contributed by atoms with E-state index >= 15 is 0 Å². The Kier molecular flexibility index (Phi) is 2.82. The molecule has 2 aliphatic heterocycles. The van der Waals surface area contributed by atoms with Crippen LogP contribution in [0.1, 0.15) is 23.9 Å². The third kappa shape index (κ3) is 2.07. The van der Waals surface area contributed by atoms with Gasteiger partial charge in [-0.2, -0.15) is 0 Å². The van der Waals surface area contributed by atoms with Crippen LogP contribution in [-0.2, 0) is 17.9 Å². The Labute approximate surface area is 115 Å². The normalized spacial score (nSPS) is 26.9. The standard InChI is InChI=1S/C12H15N5OS/c1-2-16(4-9-7-19-8-13-9)5-11-12(1)18-6-10-3-14-15-17(10)11/h3,7-8,11-12H,1-2,4-6H2/t11-,12-/m0/s1. The average molecular weight is 277 g/mol. The molecular weight excluding hydrogens is 262 g/mol. The third-order valence-corrected chi connectivity index (χ3v) is 4.52. The molecule has 0 aliphatic carbocycles. The summed E-state index contributed by atoms with van der Waals surface area (Å²) in [6.45, 7) is 3.57. The maximum atomic E-state index is 5.91. The number of fused-ring (bicyclic) bond motifs is 3. The zero-order chi connectivity index (χ0) is 12.7. The summed E-state index contributed by atoms with van der Waals surface area (Å²) in [6, 6.07) is 0.290. The van der Waals surface area contributed by atoms with E-state index in [-0.39, 0.29) is 6.10 Å². The van der Waals surface area contributed by atoms with Gasteiger partial charge in [-0.3, -0.25) is 4.90 Å². The predicted octanol–water partition coefficient (Wildman–Crippen LogP) is 1.08. The first-order valence-electron chi connectivity index (χ1n) is 6.50. The highest BCUT2D eigenvalue weighted by Crippen LogP contribution is 2.30. The van der Waals surface area contributed by atoms with Crippen LogP contribution < -0.4 is 0 Å². The van der Waals surface area contributed by atoms with Crippen molar-refractivity contribution in [2.45, 2.75) is 31.7 Å². The number of likely N-dealkylation sites (tertiary alicyclic amines) is 1. The van der Waals surface area contributed by atoms with Gasteiger partial charge in [-0.1, -0.05) is 5.21 Å². The van der Waals surface area contributed by atoms with E-state index in [4.69, 9.17) is 4.74 Å². The van der Waals surface area contributed by atoms with Crippen LogP contribution in [0.15, 0.2) is 17.1 Å². The molecule has 100 valence electrons. The van der Waals surface area contributed by atoms with Crippen molar-refractivity contribution in [2.24, 2.45) is 0 Å². The number of nitrogens with zero attached hydrogens (tertiary/aromatic N) is 5. The van der Waals surface area contributed by atoms with Crippen molar-refractivity contribution in [3.63, 3.8) is 0 Å². The molecule has 0 aromatic carbocycles. The van der Waals surface area contributed by atoms with Gasteiger partial charge in [-0.25, -0.2) is 9.67 Å². The molecule has 0 bridgehead atoms. The molecule has 1 saturated heterocycles. The van der Waals surface area contributed by atoms with Gasteiger partial charge in [0.25, 0.3) is 0 Å². The van der Waals surface area contributed by atoms with Gasteiger partial charge >= 0.3 is 0 Å². The number of hydrogen-bond donors (Lipinski definition) is 0. The highest BCUT2D eigenvalue weighted by molar-refractivity contribution is 7.07. The van der Waals surface area contributed by atoms with E-state index in [1.807, 2.05) is 10.2 Å². The van der Waals surface area contributed by atoms with Gasteiger partial charge in [0.15, 0.2) is 0 Å². The van der Waals surface area contributed by atoms with Crippen molar-refractivity contribution >= 4 is 11.3 Å². The summed E-state index contributed by atoms with van der Waals surface area (Å²) in [6.07, 6.45) is 3.13. The lowest BCUT2D eigenvalue weighted by atomic mass is 10.0. The quantitative estimate of drug-likeness (QED) is 0.822. The molecule has 0 radical (unpaired) electrons. The van der Waals surface area contributed by atoms with Gasteiger partial charge in [0, 0.05) is 25.0 Å². The fourth-order valence-electron chi connectivity index (χ4n) is 2.93. The Morgan fingerprint density at radius 2 is 2.47 bits per heavy atom. The maximum Gasteiger partial charge on any atom is 0.0930 e. The van der Waals surface area contributed by atoms with Crippen LogP contribution in [0.3, 0.4) is 0 Å². The van der Waals surface area contributed by atoms with Crippen LogP contribution in [0.4, 0.5) is 0 Å². The van der Waals surface area contributed by atoms with Crippen LogP contribution in [0, 0.1) is 0 Å². The van der Waals surface area contributed by atoms with Crippen molar-refractivity contribution in [3.8, 4) is 0 Å². The van der Waals surface area contributed by atoms with E-state index in [1.165, 1.54) is 0 Å². The molecule has 4 heterocycles. The molecule has 2 aliphatic rings. The molecule has 2 aromatic heterocycles. The molecule has 0 spiro atoms. The summed E-state index contributed by atoms with van der Waals surface area (Å²) in [5, 5.41) is 10.3. The van der Waals surface area contributed by atoms with Crippen molar-refractivity contribution in [3.05, 3.63) is 28.5 Å². The Balaban J connectivity index is 1.52. The van der Waals surface area contributed by atoms with Crippen molar-refractivity contribution < 1.29 is 4.74 Å². The van der Waals surface area contributed by atoms with Crippen LogP contribution in [-0.4, -0.2) is 44.1 Å². The lowest BCUT2D eigenvalue weighted by molar-refractivity contribution is -0.0671. The van der Waals surface area contributed by atoms with Crippen LogP contribution in [0.25, 0.3) is 0 Å². The topological polar surface area (TPSA) is 56.1 Å². The Bertz CT molecular complexity index is 554. The van der Waals surface area contributed by atoms with Crippen LogP contribution in [0.2, 0.25) is 0 Å². The van der Waals surface area contributed by atoms with E-state index in [0.717, 1.165) is 37.4 Å². The van der Waals surface area contributed by atoms with Gasteiger partial charge in [0.05, 0.1) is 41.8 Å². The molecule has 2 atom stereocenters. The highest BCUT2D eigenvalue weighted by atomic mass is 32.1. The number of rotatable bonds is 2. The minimum atomic E-state index is 0.279. The zero-order valence-corrected chi connectivity index (χ0v) is 11.3. The SMILES string of the molecule is c1nc(CN2CC[C@@H]3OCc4cnnn4[C@H]3C2)cs1. The van der Waals surface area contributed by atoms with E-state index < -0.39 is 0 Å². The maximum absolute atomic E-state index is 5.91. The molecule has 4 rings (SSSR count). The number of ether oxygens (including phenoxy) is 1. The summed E-state index contributed by atoms with van der Waals surface area (Å²) in [5.74, 6) is 0. The number of piperidine rings is 1. The van der Waals surface area contributed by atoms with Crippen molar-refractivity contribution in [1.29, 1.82) is 0 Å². The molecule has 1 fully saturated rings. The molecule has 19 heavy (non-hydrogen) atoms. The largest absolute Gasteiger partial charge is 0.370 e. The third-order valence-electron chi connectivity index (χ3n) is 3.88. The van der Waals surface area contributed by atoms with E-state index in [2.05, 4.69) is 25.6 Å². The first-order valence-corrected chi connectivity index (χ1v) is 7.44. The molecule has 0 N–H and O–H groups in total. The fraction of sp³-hybridized carbons (Fsp3) is 0.583. The van der Waals surface area contributed by atoms with E-state index in [9.17, 15) is 0 Å². The molecule has 0 unspecified atom stereocenters. The lowest BCUT2D eigenvalue weighted by Gasteiger charge is -2.40. The summed E-state index contributed by atoms with van der Waals surface area (Å²) >= 11 is 1.65. The van der Waals surface area contributed by atoms with Crippen LogP contribution >= 0.6 is 11.3 Å². The Morgan fingerprint density at radius 3 is 3.37 bits per heavy atom.